The highest BCUT2D eigenvalue weighted by Gasteiger charge is 2.31. The van der Waals surface area contributed by atoms with Crippen molar-refractivity contribution >= 4 is 23.2 Å². The molecule has 2 rings (SSSR count). The Balaban J connectivity index is 2.31. The van der Waals surface area contributed by atoms with Crippen LogP contribution >= 0.6 is 11.6 Å². The zero-order valence-electron chi connectivity index (χ0n) is 10.3. The number of nitrogens with one attached hydrogen (secondary N) is 1. The number of benzene rings is 1. The van der Waals surface area contributed by atoms with Gasteiger partial charge in [-0.05, 0) is 30.3 Å². The van der Waals surface area contributed by atoms with E-state index in [-0.39, 0.29) is 16.4 Å². The quantitative estimate of drug-likeness (QED) is 0.887. The summed E-state index contributed by atoms with van der Waals surface area (Å²) >= 11 is 5.75. The van der Waals surface area contributed by atoms with Crippen LogP contribution in [0.2, 0.25) is 5.02 Å². The van der Waals surface area contributed by atoms with Crippen LogP contribution in [0.3, 0.4) is 0 Å². The Bertz CT molecular complexity index is 689. The molecule has 0 radical (unpaired) electrons. The topological polar surface area (TPSA) is 62.2 Å². The second-order valence-corrected chi connectivity index (χ2v) is 4.42. The minimum absolute atomic E-state index is 0.0632. The lowest BCUT2D eigenvalue weighted by molar-refractivity contribution is -0.137. The minimum Gasteiger partial charge on any atom is -0.505 e. The lowest BCUT2D eigenvalue weighted by Gasteiger charge is -2.11. The van der Waals surface area contributed by atoms with Crippen LogP contribution in [0.1, 0.15) is 16.1 Å². The molecule has 0 aliphatic heterocycles. The van der Waals surface area contributed by atoms with Gasteiger partial charge in [0.25, 0.3) is 5.91 Å². The van der Waals surface area contributed by atoms with Gasteiger partial charge < -0.3 is 10.4 Å². The highest BCUT2D eigenvalue weighted by atomic mass is 35.5. The Morgan fingerprint density at radius 2 is 2.00 bits per heavy atom. The van der Waals surface area contributed by atoms with Gasteiger partial charge in [-0.25, -0.2) is 4.98 Å². The first-order valence-corrected chi connectivity index (χ1v) is 5.99. The molecule has 21 heavy (non-hydrogen) atoms. The highest BCUT2D eigenvalue weighted by molar-refractivity contribution is 6.34. The number of halogens is 4. The van der Waals surface area contributed by atoms with Gasteiger partial charge in [-0.3, -0.25) is 4.79 Å². The van der Waals surface area contributed by atoms with Gasteiger partial charge in [-0.2, -0.15) is 13.2 Å². The summed E-state index contributed by atoms with van der Waals surface area (Å²) in [6, 6.07) is 5.17. The number of rotatable bonds is 2. The second kappa shape index (κ2) is 5.61. The molecular formula is C13H8ClF3N2O2. The summed E-state index contributed by atoms with van der Waals surface area (Å²) in [6.45, 7) is 0. The van der Waals surface area contributed by atoms with Crippen molar-refractivity contribution in [3.05, 3.63) is 52.8 Å². The summed E-state index contributed by atoms with van der Waals surface area (Å²) in [6.07, 6.45) is -3.29. The van der Waals surface area contributed by atoms with Gasteiger partial charge in [0.2, 0.25) is 0 Å². The van der Waals surface area contributed by atoms with E-state index in [1.807, 2.05) is 0 Å². The van der Waals surface area contributed by atoms with E-state index in [1.54, 1.807) is 0 Å². The second-order valence-electron chi connectivity index (χ2n) is 4.02. The van der Waals surface area contributed by atoms with Crippen LogP contribution in [-0.4, -0.2) is 16.0 Å². The van der Waals surface area contributed by atoms with Crippen molar-refractivity contribution in [3.63, 3.8) is 0 Å². The summed E-state index contributed by atoms with van der Waals surface area (Å²) in [5, 5.41) is 11.6. The molecule has 0 saturated heterocycles. The first-order chi connectivity index (χ1) is 9.79. The zero-order valence-corrected chi connectivity index (χ0v) is 11.0. The highest BCUT2D eigenvalue weighted by Crippen LogP contribution is 2.34. The molecule has 2 N–H and O–H groups in total. The normalized spacial score (nSPS) is 11.2. The maximum atomic E-state index is 12.6. The Hall–Kier alpha value is -2.28. The van der Waals surface area contributed by atoms with Gasteiger partial charge >= 0.3 is 6.18 Å². The number of hydrogen-bond donors (Lipinski definition) is 2. The van der Waals surface area contributed by atoms with Crippen molar-refractivity contribution in [2.75, 3.05) is 5.32 Å². The number of hydrogen-bond acceptors (Lipinski definition) is 3. The van der Waals surface area contributed by atoms with Crippen molar-refractivity contribution in [2.45, 2.75) is 6.18 Å². The van der Waals surface area contributed by atoms with Crippen LogP contribution in [0.15, 0.2) is 36.5 Å². The van der Waals surface area contributed by atoms with Gasteiger partial charge in [0.15, 0.2) is 5.69 Å². The van der Waals surface area contributed by atoms with E-state index in [9.17, 15) is 23.1 Å². The van der Waals surface area contributed by atoms with E-state index >= 15 is 0 Å². The van der Waals surface area contributed by atoms with Crippen molar-refractivity contribution in [2.24, 2.45) is 0 Å². The lowest BCUT2D eigenvalue weighted by Crippen LogP contribution is -2.15. The van der Waals surface area contributed by atoms with Gasteiger partial charge in [0, 0.05) is 6.20 Å². The molecule has 110 valence electrons. The van der Waals surface area contributed by atoms with E-state index < -0.39 is 23.4 Å². The largest absolute Gasteiger partial charge is 0.505 e. The molecule has 0 aliphatic rings. The zero-order chi connectivity index (χ0) is 15.6. The predicted octanol–water partition coefficient (Wildman–Crippen LogP) is 3.71. The van der Waals surface area contributed by atoms with Crippen molar-refractivity contribution in [1.29, 1.82) is 0 Å². The van der Waals surface area contributed by atoms with Crippen LogP contribution in [0.4, 0.5) is 18.9 Å². The van der Waals surface area contributed by atoms with Crippen LogP contribution in [0.5, 0.6) is 5.75 Å². The number of amides is 1. The number of carbonyl (C=O) groups is 1. The molecule has 0 spiro atoms. The van der Waals surface area contributed by atoms with Crippen molar-refractivity contribution in [1.82, 2.24) is 4.98 Å². The van der Waals surface area contributed by atoms with Gasteiger partial charge in [-0.15, -0.1) is 0 Å². The molecule has 1 amide bonds. The van der Waals surface area contributed by atoms with Crippen LogP contribution in [-0.2, 0) is 6.18 Å². The first-order valence-electron chi connectivity index (χ1n) is 5.61. The SMILES string of the molecule is O=C(Nc1cc(C(F)(F)F)ccc1Cl)c1ncccc1O. The summed E-state index contributed by atoms with van der Waals surface area (Å²) in [5.41, 5.74) is -1.49. The molecule has 2 aromatic rings. The molecule has 4 nitrogen and oxygen atoms in total. The average molecular weight is 317 g/mol. The van der Waals surface area contributed by atoms with Gasteiger partial charge in [0.05, 0.1) is 16.3 Å². The molecule has 0 unspecified atom stereocenters. The first kappa shape index (κ1) is 15.1. The summed E-state index contributed by atoms with van der Waals surface area (Å²) in [7, 11) is 0. The average Bonchev–Trinajstić information content (AvgIpc) is 2.40. The molecule has 0 atom stereocenters. The Morgan fingerprint density at radius 1 is 1.29 bits per heavy atom. The number of anilines is 1. The number of carbonyl (C=O) groups excluding carboxylic acids is 1. The number of aromatic nitrogens is 1. The molecule has 0 saturated carbocycles. The van der Waals surface area contributed by atoms with Gasteiger partial charge in [0.1, 0.15) is 5.75 Å². The Labute approximate surface area is 122 Å². The maximum absolute atomic E-state index is 12.6. The number of alkyl halides is 3. The van der Waals surface area contributed by atoms with Crippen molar-refractivity contribution < 1.29 is 23.1 Å². The molecule has 0 fully saturated rings. The molecule has 0 bridgehead atoms. The lowest BCUT2D eigenvalue weighted by atomic mass is 10.2. The third-order valence-electron chi connectivity index (χ3n) is 2.54. The maximum Gasteiger partial charge on any atom is 0.416 e. The van der Waals surface area contributed by atoms with E-state index in [0.717, 1.165) is 12.1 Å². The third-order valence-corrected chi connectivity index (χ3v) is 2.87. The fraction of sp³-hybridized carbons (Fsp3) is 0.0769. The summed E-state index contributed by atoms with van der Waals surface area (Å²) in [5.74, 6) is -1.26. The third kappa shape index (κ3) is 3.43. The molecule has 1 heterocycles. The smallest absolute Gasteiger partial charge is 0.416 e. The molecule has 1 aromatic heterocycles. The van der Waals surface area contributed by atoms with E-state index in [2.05, 4.69) is 10.3 Å². The van der Waals surface area contributed by atoms with Crippen LogP contribution in [0.25, 0.3) is 0 Å². The van der Waals surface area contributed by atoms with E-state index in [1.165, 1.54) is 18.3 Å². The summed E-state index contributed by atoms with van der Waals surface area (Å²) < 4.78 is 37.8. The molecule has 1 aromatic carbocycles. The number of aromatic hydroxyl groups is 1. The van der Waals surface area contributed by atoms with Crippen molar-refractivity contribution in [3.8, 4) is 5.75 Å². The fourth-order valence-corrected chi connectivity index (χ4v) is 1.72. The molecular weight excluding hydrogens is 309 g/mol. The van der Waals surface area contributed by atoms with Crippen LogP contribution in [0, 0.1) is 0 Å². The Kier molecular flexibility index (Phi) is 4.04. The molecule has 0 aliphatic carbocycles. The standard InChI is InChI=1S/C13H8ClF3N2O2/c14-8-4-3-7(13(15,16)17)6-9(8)19-12(21)11-10(20)2-1-5-18-11/h1-6,20H,(H,19,21). The fourth-order valence-electron chi connectivity index (χ4n) is 1.55. The van der Waals surface area contributed by atoms with E-state index in [4.69, 9.17) is 11.6 Å². The minimum atomic E-state index is -4.56. The number of nitrogens with zero attached hydrogens (tertiary/aromatic N) is 1. The monoisotopic (exact) mass is 316 g/mol. The molecule has 8 heteroatoms. The predicted molar refractivity (Wildman–Crippen MR) is 70.3 cm³/mol. The van der Waals surface area contributed by atoms with E-state index in [0.29, 0.717) is 6.07 Å². The Morgan fingerprint density at radius 3 is 2.62 bits per heavy atom. The number of pyridine rings is 1. The van der Waals surface area contributed by atoms with Gasteiger partial charge in [-0.1, -0.05) is 11.6 Å². The van der Waals surface area contributed by atoms with Crippen LogP contribution < -0.4 is 5.32 Å². The summed E-state index contributed by atoms with van der Waals surface area (Å²) in [4.78, 5) is 15.5.